The lowest BCUT2D eigenvalue weighted by atomic mass is 10.2. The number of alkyl halides is 3. The van der Waals surface area contributed by atoms with Crippen molar-refractivity contribution in [2.24, 2.45) is 0 Å². The van der Waals surface area contributed by atoms with E-state index in [1.54, 1.807) is 24.3 Å². The van der Waals surface area contributed by atoms with Crippen LogP contribution in [0.1, 0.15) is 11.1 Å². The highest BCUT2D eigenvalue weighted by Crippen LogP contribution is 2.36. The van der Waals surface area contributed by atoms with Crippen molar-refractivity contribution in [2.45, 2.75) is 6.18 Å². The summed E-state index contributed by atoms with van der Waals surface area (Å²) in [6, 6.07) is 12.0. The molecule has 1 aromatic heterocycles. The lowest BCUT2D eigenvalue weighted by molar-refractivity contribution is -0.137. The van der Waals surface area contributed by atoms with Gasteiger partial charge in [-0.05, 0) is 42.5 Å². The molecule has 27 heavy (non-hydrogen) atoms. The Morgan fingerprint density at radius 3 is 2.37 bits per heavy atom. The second-order valence-corrected chi connectivity index (χ2v) is 5.70. The summed E-state index contributed by atoms with van der Waals surface area (Å²) in [7, 11) is 0. The highest BCUT2D eigenvalue weighted by molar-refractivity contribution is 6.31. The van der Waals surface area contributed by atoms with Gasteiger partial charge in [0.05, 0.1) is 28.4 Å². The van der Waals surface area contributed by atoms with Crippen molar-refractivity contribution in [2.75, 3.05) is 10.6 Å². The van der Waals surface area contributed by atoms with Gasteiger partial charge in [0.25, 0.3) is 0 Å². The van der Waals surface area contributed by atoms with Crippen molar-refractivity contribution in [3.63, 3.8) is 0 Å². The fourth-order valence-corrected chi connectivity index (χ4v) is 2.37. The first kappa shape index (κ1) is 18.4. The third-order valence-electron chi connectivity index (χ3n) is 3.37. The van der Waals surface area contributed by atoms with E-state index in [2.05, 4.69) is 25.8 Å². The van der Waals surface area contributed by atoms with Crippen LogP contribution in [0.3, 0.4) is 0 Å². The van der Waals surface area contributed by atoms with E-state index in [1.807, 2.05) is 6.07 Å². The van der Waals surface area contributed by atoms with Gasteiger partial charge < -0.3 is 10.6 Å². The first-order valence-corrected chi connectivity index (χ1v) is 7.83. The molecule has 0 atom stereocenters. The van der Waals surface area contributed by atoms with Crippen molar-refractivity contribution in [3.05, 3.63) is 64.8 Å². The number of hydrogen-bond donors (Lipinski definition) is 2. The molecule has 2 N–H and O–H groups in total. The van der Waals surface area contributed by atoms with Gasteiger partial charge >= 0.3 is 6.18 Å². The first-order chi connectivity index (χ1) is 12.8. The number of nitriles is 1. The molecular weight excluding hydrogens is 381 g/mol. The number of nitrogens with one attached hydrogen (secondary N) is 2. The number of hydrogen-bond acceptors (Lipinski definition) is 6. The van der Waals surface area contributed by atoms with Gasteiger partial charge in [-0.15, -0.1) is 5.10 Å². The highest BCUT2D eigenvalue weighted by Gasteiger charge is 2.33. The number of benzene rings is 2. The number of rotatable bonds is 4. The Balaban J connectivity index is 1.79. The minimum Gasteiger partial charge on any atom is -0.339 e. The zero-order valence-electron chi connectivity index (χ0n) is 13.4. The number of nitrogens with zero attached hydrogens (tertiary/aromatic N) is 4. The van der Waals surface area contributed by atoms with E-state index in [0.29, 0.717) is 11.3 Å². The highest BCUT2D eigenvalue weighted by atomic mass is 35.5. The molecule has 0 saturated heterocycles. The minimum absolute atomic E-state index is 0.134. The van der Waals surface area contributed by atoms with Crippen LogP contribution < -0.4 is 10.6 Å². The summed E-state index contributed by atoms with van der Waals surface area (Å²) >= 11 is 5.61. The van der Waals surface area contributed by atoms with Gasteiger partial charge in [-0.3, -0.25) is 0 Å². The molecule has 6 nitrogen and oxygen atoms in total. The normalized spacial score (nSPS) is 10.9. The molecule has 136 valence electrons. The molecule has 10 heteroatoms. The Bertz CT molecular complexity index is 999. The molecule has 2 aromatic carbocycles. The zero-order chi connectivity index (χ0) is 19.4. The lowest BCUT2D eigenvalue weighted by Crippen LogP contribution is -2.07. The number of anilines is 4. The molecule has 0 aliphatic carbocycles. The minimum atomic E-state index is -4.57. The summed E-state index contributed by atoms with van der Waals surface area (Å²) in [5.41, 5.74) is 0.320. The van der Waals surface area contributed by atoms with Crippen molar-refractivity contribution in [1.29, 1.82) is 5.26 Å². The zero-order valence-corrected chi connectivity index (χ0v) is 14.2. The molecule has 0 saturated carbocycles. The van der Waals surface area contributed by atoms with Crippen LogP contribution in [-0.4, -0.2) is 15.2 Å². The van der Waals surface area contributed by atoms with Crippen molar-refractivity contribution in [1.82, 2.24) is 15.2 Å². The Hall–Kier alpha value is -3.38. The predicted octanol–water partition coefficient (Wildman–Crippen LogP) is 4.90. The maximum absolute atomic E-state index is 12.9. The van der Waals surface area contributed by atoms with Crippen molar-refractivity contribution in [3.8, 4) is 6.07 Å². The standard InChI is InChI=1S/C17H10ClF3N6/c18-14-6-5-12(7-13(14)17(19,20)21)24-15-9-23-27-16(26-15)25-11-3-1-10(8-22)2-4-11/h1-7,9H,(H2,24,25,26,27). The average Bonchev–Trinajstić information content (AvgIpc) is 2.63. The van der Waals surface area contributed by atoms with Crippen LogP contribution >= 0.6 is 11.6 Å². The maximum atomic E-state index is 12.9. The second kappa shape index (κ2) is 7.47. The second-order valence-electron chi connectivity index (χ2n) is 5.30. The van der Waals surface area contributed by atoms with Gasteiger partial charge in [0, 0.05) is 11.4 Å². The Morgan fingerprint density at radius 1 is 1.00 bits per heavy atom. The van der Waals surface area contributed by atoms with Crippen LogP contribution in [0.2, 0.25) is 5.02 Å². The molecule has 0 unspecified atom stereocenters. The Kier molecular flexibility index (Phi) is 5.09. The third kappa shape index (κ3) is 4.62. The van der Waals surface area contributed by atoms with E-state index in [9.17, 15) is 13.2 Å². The number of aromatic nitrogens is 3. The summed E-state index contributed by atoms with van der Waals surface area (Å²) in [6.45, 7) is 0. The average molecular weight is 391 g/mol. The molecule has 0 amide bonds. The van der Waals surface area contributed by atoms with E-state index < -0.39 is 16.8 Å². The molecule has 3 rings (SSSR count). The van der Waals surface area contributed by atoms with Crippen LogP contribution in [0.15, 0.2) is 48.7 Å². The maximum Gasteiger partial charge on any atom is 0.417 e. The summed E-state index contributed by atoms with van der Waals surface area (Å²) in [5, 5.41) is 21.6. The Labute approximate surface area is 156 Å². The molecule has 1 heterocycles. The molecule has 0 fully saturated rings. The smallest absolute Gasteiger partial charge is 0.339 e. The van der Waals surface area contributed by atoms with Crippen LogP contribution in [0.5, 0.6) is 0 Å². The summed E-state index contributed by atoms with van der Waals surface area (Å²) in [6.07, 6.45) is -3.30. The summed E-state index contributed by atoms with van der Waals surface area (Å²) in [5.74, 6) is 0.325. The van der Waals surface area contributed by atoms with E-state index >= 15 is 0 Å². The summed E-state index contributed by atoms with van der Waals surface area (Å²) in [4.78, 5) is 4.15. The van der Waals surface area contributed by atoms with Crippen LogP contribution in [0.25, 0.3) is 0 Å². The third-order valence-corrected chi connectivity index (χ3v) is 3.70. The lowest BCUT2D eigenvalue weighted by Gasteiger charge is -2.12. The quantitative estimate of drug-likeness (QED) is 0.658. The van der Waals surface area contributed by atoms with Crippen LogP contribution in [0.4, 0.5) is 36.3 Å². The fraction of sp³-hybridized carbons (Fsp3) is 0.0588. The van der Waals surface area contributed by atoms with Crippen LogP contribution in [-0.2, 0) is 6.18 Å². The summed E-state index contributed by atoms with van der Waals surface area (Å²) < 4.78 is 38.8. The van der Waals surface area contributed by atoms with E-state index in [0.717, 1.165) is 12.1 Å². The largest absolute Gasteiger partial charge is 0.417 e. The molecule has 0 spiro atoms. The van der Waals surface area contributed by atoms with Gasteiger partial charge in [-0.2, -0.15) is 28.5 Å². The van der Waals surface area contributed by atoms with Gasteiger partial charge in [-0.1, -0.05) is 11.6 Å². The molecule has 0 aliphatic heterocycles. The first-order valence-electron chi connectivity index (χ1n) is 7.46. The topological polar surface area (TPSA) is 86.5 Å². The van der Waals surface area contributed by atoms with E-state index in [-0.39, 0.29) is 17.5 Å². The van der Waals surface area contributed by atoms with Gasteiger partial charge in [-0.25, -0.2) is 0 Å². The van der Waals surface area contributed by atoms with E-state index in [1.165, 1.54) is 12.3 Å². The van der Waals surface area contributed by atoms with Crippen molar-refractivity contribution >= 4 is 34.7 Å². The number of halogens is 4. The van der Waals surface area contributed by atoms with Gasteiger partial charge in [0.1, 0.15) is 0 Å². The van der Waals surface area contributed by atoms with Crippen LogP contribution in [0, 0.1) is 11.3 Å². The molecular formula is C17H10ClF3N6. The SMILES string of the molecule is N#Cc1ccc(Nc2nncc(Nc3ccc(Cl)c(C(F)(F)F)c3)n2)cc1. The van der Waals surface area contributed by atoms with Gasteiger partial charge in [0.2, 0.25) is 5.95 Å². The molecule has 0 radical (unpaired) electrons. The fourth-order valence-electron chi connectivity index (χ4n) is 2.14. The predicted molar refractivity (Wildman–Crippen MR) is 94.0 cm³/mol. The monoisotopic (exact) mass is 390 g/mol. The molecule has 3 aromatic rings. The van der Waals surface area contributed by atoms with E-state index in [4.69, 9.17) is 16.9 Å². The molecule has 0 aliphatic rings. The van der Waals surface area contributed by atoms with Gasteiger partial charge in [0.15, 0.2) is 5.82 Å². The Morgan fingerprint density at radius 2 is 1.70 bits per heavy atom. The molecule has 0 bridgehead atoms. The van der Waals surface area contributed by atoms with Crippen molar-refractivity contribution < 1.29 is 13.2 Å².